The van der Waals surface area contributed by atoms with Gasteiger partial charge in [0.15, 0.2) is 0 Å². The van der Waals surface area contributed by atoms with Crippen LogP contribution < -0.4 is 10.6 Å². The highest BCUT2D eigenvalue weighted by Gasteiger charge is 2.10. The summed E-state index contributed by atoms with van der Waals surface area (Å²) >= 11 is 0. The summed E-state index contributed by atoms with van der Waals surface area (Å²) in [6.45, 7) is 7.84. The molecule has 0 atom stereocenters. The van der Waals surface area contributed by atoms with Crippen molar-refractivity contribution in [1.29, 1.82) is 0 Å². The number of anilines is 2. The fourth-order valence-electron chi connectivity index (χ4n) is 2.09. The van der Waals surface area contributed by atoms with Gasteiger partial charge in [0, 0.05) is 18.3 Å². The summed E-state index contributed by atoms with van der Waals surface area (Å²) in [5.74, 6) is 0.914. The average Bonchev–Trinajstić information content (AvgIpc) is 2.52. The lowest BCUT2D eigenvalue weighted by molar-refractivity contribution is 0.0952. The van der Waals surface area contributed by atoms with Crippen LogP contribution in [0, 0.1) is 6.92 Å². The predicted octanol–water partition coefficient (Wildman–Crippen LogP) is 3.01. The minimum absolute atomic E-state index is 0.239. The van der Waals surface area contributed by atoms with Crippen molar-refractivity contribution >= 4 is 17.4 Å². The maximum absolute atomic E-state index is 12.0. The molecule has 0 radical (unpaired) electrons. The van der Waals surface area contributed by atoms with Crippen LogP contribution in [0.15, 0.2) is 43.0 Å². The minimum Gasteiger partial charge on any atom is -0.347 e. The summed E-state index contributed by atoms with van der Waals surface area (Å²) in [7, 11) is 0. The first-order chi connectivity index (χ1) is 10.6. The lowest BCUT2D eigenvalue weighted by Gasteiger charge is -2.11. The minimum atomic E-state index is -0.239. The molecule has 1 amide bonds. The van der Waals surface area contributed by atoms with Gasteiger partial charge in [0.2, 0.25) is 0 Å². The number of aryl methyl sites for hydroxylation is 2. The number of hydrogen-bond donors (Lipinski definition) is 2. The van der Waals surface area contributed by atoms with Crippen LogP contribution in [0.5, 0.6) is 0 Å². The molecule has 2 rings (SSSR count). The zero-order chi connectivity index (χ0) is 15.9. The number of nitrogens with one attached hydrogen (secondary N) is 2. The molecule has 2 N–H and O–H groups in total. The van der Waals surface area contributed by atoms with Crippen LogP contribution in [-0.4, -0.2) is 22.4 Å². The van der Waals surface area contributed by atoms with Gasteiger partial charge >= 0.3 is 0 Å². The topological polar surface area (TPSA) is 66.9 Å². The van der Waals surface area contributed by atoms with Crippen LogP contribution in [0.4, 0.5) is 11.5 Å². The van der Waals surface area contributed by atoms with E-state index in [0.717, 1.165) is 12.1 Å². The summed E-state index contributed by atoms with van der Waals surface area (Å²) in [5, 5.41) is 5.98. The van der Waals surface area contributed by atoms with E-state index < -0.39 is 0 Å². The third-order valence-corrected chi connectivity index (χ3v) is 3.14. The fraction of sp³-hybridized carbons (Fsp3) is 0.235. The molecule has 0 unspecified atom stereocenters. The van der Waals surface area contributed by atoms with Crippen LogP contribution in [0.1, 0.15) is 28.8 Å². The van der Waals surface area contributed by atoms with Crippen molar-refractivity contribution in [3.8, 4) is 0 Å². The van der Waals surface area contributed by atoms with E-state index in [1.165, 1.54) is 5.56 Å². The summed E-state index contributed by atoms with van der Waals surface area (Å²) < 4.78 is 0. The van der Waals surface area contributed by atoms with E-state index in [9.17, 15) is 4.79 Å². The van der Waals surface area contributed by atoms with Gasteiger partial charge in [-0.1, -0.05) is 31.2 Å². The maximum atomic E-state index is 12.0. The molecule has 2 aromatic rings. The molecule has 0 spiro atoms. The second-order valence-corrected chi connectivity index (χ2v) is 4.82. The Morgan fingerprint density at radius 2 is 2.09 bits per heavy atom. The highest BCUT2D eigenvalue weighted by atomic mass is 16.1. The molecule has 0 fully saturated rings. The van der Waals surface area contributed by atoms with Gasteiger partial charge in [-0.15, -0.1) is 6.58 Å². The standard InChI is InChI=1S/C17H20N4O/c1-4-10-18-17(22)15-11-16(20-12(3)19-15)21-14-9-7-6-8-13(14)5-2/h4,6-9,11H,1,5,10H2,2-3H3,(H,18,22)(H,19,20,21). The van der Waals surface area contributed by atoms with Crippen molar-refractivity contribution in [2.45, 2.75) is 20.3 Å². The molecule has 0 aliphatic rings. The summed E-state index contributed by atoms with van der Waals surface area (Å²) in [5.41, 5.74) is 2.52. The van der Waals surface area contributed by atoms with Gasteiger partial charge < -0.3 is 10.6 Å². The highest BCUT2D eigenvalue weighted by Crippen LogP contribution is 2.20. The van der Waals surface area contributed by atoms with E-state index in [-0.39, 0.29) is 5.91 Å². The van der Waals surface area contributed by atoms with E-state index in [0.29, 0.717) is 23.9 Å². The number of nitrogens with zero attached hydrogens (tertiary/aromatic N) is 2. The molecule has 5 nitrogen and oxygen atoms in total. The lowest BCUT2D eigenvalue weighted by atomic mass is 10.1. The number of carbonyl (C=O) groups is 1. The van der Waals surface area contributed by atoms with Crippen LogP contribution in [0.2, 0.25) is 0 Å². The van der Waals surface area contributed by atoms with E-state index in [2.05, 4.69) is 40.2 Å². The summed E-state index contributed by atoms with van der Waals surface area (Å²) in [6, 6.07) is 9.68. The number of rotatable bonds is 6. The number of amides is 1. The van der Waals surface area contributed by atoms with Crippen molar-refractivity contribution in [2.24, 2.45) is 0 Å². The second-order valence-electron chi connectivity index (χ2n) is 4.82. The zero-order valence-corrected chi connectivity index (χ0v) is 12.9. The van der Waals surface area contributed by atoms with Crippen molar-refractivity contribution in [3.05, 3.63) is 60.1 Å². The molecule has 1 aromatic heterocycles. The first-order valence-corrected chi connectivity index (χ1v) is 7.23. The molecule has 1 aromatic carbocycles. The Bertz CT molecular complexity index is 682. The van der Waals surface area contributed by atoms with E-state index >= 15 is 0 Å². The van der Waals surface area contributed by atoms with Crippen molar-refractivity contribution in [1.82, 2.24) is 15.3 Å². The van der Waals surface area contributed by atoms with Gasteiger partial charge in [0.25, 0.3) is 5.91 Å². The lowest BCUT2D eigenvalue weighted by Crippen LogP contribution is -2.24. The molecule has 0 bridgehead atoms. The molecule has 1 heterocycles. The van der Waals surface area contributed by atoms with E-state index in [4.69, 9.17) is 0 Å². The summed E-state index contributed by atoms with van der Waals surface area (Å²) in [4.78, 5) is 20.5. The average molecular weight is 296 g/mol. The largest absolute Gasteiger partial charge is 0.347 e. The molecule has 0 aliphatic heterocycles. The first-order valence-electron chi connectivity index (χ1n) is 7.23. The fourth-order valence-corrected chi connectivity index (χ4v) is 2.09. The van der Waals surface area contributed by atoms with Crippen molar-refractivity contribution in [2.75, 3.05) is 11.9 Å². The molecular formula is C17H20N4O. The third kappa shape index (κ3) is 3.91. The van der Waals surface area contributed by atoms with Gasteiger partial charge in [0.1, 0.15) is 17.3 Å². The van der Waals surface area contributed by atoms with Gasteiger partial charge in [-0.3, -0.25) is 4.79 Å². The number of hydrogen-bond acceptors (Lipinski definition) is 4. The molecule has 22 heavy (non-hydrogen) atoms. The predicted molar refractivity (Wildman–Crippen MR) is 88.4 cm³/mol. The van der Waals surface area contributed by atoms with Crippen LogP contribution in [0.25, 0.3) is 0 Å². The zero-order valence-electron chi connectivity index (χ0n) is 12.9. The van der Waals surface area contributed by atoms with Gasteiger partial charge in [-0.25, -0.2) is 9.97 Å². The molecule has 5 heteroatoms. The Morgan fingerprint density at radius 3 is 2.82 bits per heavy atom. The molecular weight excluding hydrogens is 276 g/mol. The second kappa shape index (κ2) is 7.36. The van der Waals surface area contributed by atoms with Gasteiger partial charge in [0.05, 0.1) is 0 Å². The Labute approximate surface area is 130 Å². The molecule has 0 aliphatic carbocycles. The third-order valence-electron chi connectivity index (χ3n) is 3.14. The van der Waals surface area contributed by atoms with Crippen LogP contribution in [0.3, 0.4) is 0 Å². The number of carbonyl (C=O) groups excluding carboxylic acids is 1. The molecule has 0 saturated heterocycles. The Balaban J connectivity index is 2.26. The van der Waals surface area contributed by atoms with Crippen molar-refractivity contribution < 1.29 is 4.79 Å². The summed E-state index contributed by atoms with van der Waals surface area (Å²) in [6.07, 6.45) is 2.54. The van der Waals surface area contributed by atoms with Gasteiger partial charge in [-0.05, 0) is 25.0 Å². The molecule has 0 saturated carbocycles. The smallest absolute Gasteiger partial charge is 0.270 e. The Morgan fingerprint density at radius 1 is 1.32 bits per heavy atom. The number of aromatic nitrogens is 2. The van der Waals surface area contributed by atoms with Crippen molar-refractivity contribution in [3.63, 3.8) is 0 Å². The quantitative estimate of drug-likeness (QED) is 0.804. The molecule has 114 valence electrons. The van der Waals surface area contributed by atoms with Crippen LogP contribution >= 0.6 is 0 Å². The first kappa shape index (κ1) is 15.7. The van der Waals surface area contributed by atoms with Gasteiger partial charge in [-0.2, -0.15) is 0 Å². The van der Waals surface area contributed by atoms with E-state index in [1.54, 1.807) is 19.1 Å². The van der Waals surface area contributed by atoms with Crippen LogP contribution in [-0.2, 0) is 6.42 Å². The van der Waals surface area contributed by atoms with E-state index in [1.807, 2.05) is 18.2 Å². The SMILES string of the molecule is C=CCNC(=O)c1cc(Nc2ccccc2CC)nc(C)n1. The Hall–Kier alpha value is -2.69. The highest BCUT2D eigenvalue weighted by molar-refractivity contribution is 5.93. The number of benzene rings is 1. The maximum Gasteiger partial charge on any atom is 0.270 e. The number of para-hydroxylation sites is 1. The Kier molecular flexibility index (Phi) is 5.25. The monoisotopic (exact) mass is 296 g/mol. The normalized spacial score (nSPS) is 10.1.